The van der Waals surface area contributed by atoms with E-state index < -0.39 is 11.9 Å². The quantitative estimate of drug-likeness (QED) is 0.108. The summed E-state index contributed by atoms with van der Waals surface area (Å²) in [4.78, 5) is 24.4. The first kappa shape index (κ1) is 35.0. The van der Waals surface area contributed by atoms with E-state index in [-0.39, 0.29) is 13.1 Å². The van der Waals surface area contributed by atoms with Crippen molar-refractivity contribution in [1.82, 2.24) is 0 Å². The van der Waals surface area contributed by atoms with E-state index in [1.807, 2.05) is 12.1 Å². The van der Waals surface area contributed by atoms with Crippen molar-refractivity contribution in [2.75, 3.05) is 18.0 Å². The van der Waals surface area contributed by atoms with Crippen LogP contribution in [0.2, 0.25) is 0 Å². The number of anilines is 1. The molecular weight excluding hydrogens is 486 g/mol. The molecule has 0 atom stereocenters. The fraction of sp³-hybridized carbons (Fsp3) is 0.765. The first-order valence-electron chi connectivity index (χ1n) is 16.3. The molecule has 1 rings (SSSR count). The third kappa shape index (κ3) is 19.6. The first-order valence-corrected chi connectivity index (χ1v) is 16.3. The maximum atomic E-state index is 11.4. The molecule has 0 radical (unpaired) electrons. The van der Waals surface area contributed by atoms with E-state index in [1.165, 1.54) is 132 Å². The number of carboxylic acid groups (broad SMARTS) is 2. The summed E-state index contributed by atoms with van der Waals surface area (Å²) in [5.74, 6) is -2.01. The van der Waals surface area contributed by atoms with Gasteiger partial charge in [0.1, 0.15) is 13.1 Å². The molecule has 0 saturated heterocycles. The molecule has 0 heterocycles. The molecule has 0 aliphatic heterocycles. The highest BCUT2D eigenvalue weighted by Crippen LogP contribution is 2.23. The predicted octanol–water partition coefficient (Wildman–Crippen LogP) is 9.59. The molecule has 39 heavy (non-hydrogen) atoms. The van der Waals surface area contributed by atoms with Crippen molar-refractivity contribution in [3.05, 3.63) is 29.3 Å². The summed E-state index contributed by atoms with van der Waals surface area (Å²) in [6.45, 7) is 3.91. The van der Waals surface area contributed by atoms with Crippen molar-refractivity contribution in [2.45, 2.75) is 155 Å². The Balaban J connectivity index is 2.59. The number of aryl methyl sites for hydroxylation is 2. The highest BCUT2D eigenvalue weighted by molar-refractivity contribution is 5.79. The second-order valence-electron chi connectivity index (χ2n) is 11.5. The number of carbonyl (C=O) groups is 2. The maximum Gasteiger partial charge on any atom is 0.323 e. The highest BCUT2D eigenvalue weighted by atomic mass is 16.4. The molecular formula is C34H59NO4. The highest BCUT2D eigenvalue weighted by Gasteiger charge is 2.16. The lowest BCUT2D eigenvalue weighted by Crippen LogP contribution is -2.34. The molecule has 0 aliphatic rings. The summed E-state index contributed by atoms with van der Waals surface area (Å²) in [5, 5.41) is 18.7. The third-order valence-corrected chi connectivity index (χ3v) is 7.69. The maximum absolute atomic E-state index is 11.4. The Kier molecular flexibility index (Phi) is 21.4. The molecule has 0 saturated carbocycles. The van der Waals surface area contributed by atoms with Crippen LogP contribution >= 0.6 is 0 Å². The number of unbranched alkanes of at least 4 members (excludes halogenated alkanes) is 18. The Morgan fingerprint density at radius 2 is 0.821 bits per heavy atom. The molecule has 1 aromatic carbocycles. The molecule has 0 bridgehead atoms. The standard InChI is InChI=1S/C34H59NO4/c1-3-5-7-9-11-13-15-17-19-21-23-30-25-31(24-22-20-18-16-14-12-10-8-6-4-2)27-32(26-30)35(28-33(36)37)29-34(38)39/h25-27H,3-24,28-29H2,1-2H3,(H,36,37)(H,38,39). The lowest BCUT2D eigenvalue weighted by Gasteiger charge is -2.22. The van der Waals surface area contributed by atoms with Gasteiger partial charge < -0.3 is 15.1 Å². The predicted molar refractivity (Wildman–Crippen MR) is 165 cm³/mol. The van der Waals surface area contributed by atoms with Crippen molar-refractivity contribution in [3.63, 3.8) is 0 Å². The minimum absolute atomic E-state index is 0.300. The van der Waals surface area contributed by atoms with Crippen molar-refractivity contribution < 1.29 is 19.8 Å². The van der Waals surface area contributed by atoms with Gasteiger partial charge >= 0.3 is 11.9 Å². The van der Waals surface area contributed by atoms with E-state index in [0.29, 0.717) is 0 Å². The molecule has 5 heteroatoms. The van der Waals surface area contributed by atoms with Gasteiger partial charge in [-0.05, 0) is 48.9 Å². The summed E-state index contributed by atoms with van der Waals surface area (Å²) >= 11 is 0. The Hall–Kier alpha value is -2.04. The van der Waals surface area contributed by atoms with Gasteiger partial charge in [0.2, 0.25) is 0 Å². The van der Waals surface area contributed by atoms with Crippen molar-refractivity contribution >= 4 is 17.6 Å². The van der Waals surface area contributed by atoms with E-state index in [2.05, 4.69) is 19.9 Å². The number of carboxylic acids is 2. The Labute approximate surface area is 239 Å². The van der Waals surface area contributed by atoms with Crippen LogP contribution in [-0.4, -0.2) is 35.2 Å². The van der Waals surface area contributed by atoms with Gasteiger partial charge in [-0.3, -0.25) is 9.59 Å². The van der Waals surface area contributed by atoms with Crippen molar-refractivity contribution in [3.8, 4) is 0 Å². The molecule has 0 aliphatic carbocycles. The lowest BCUT2D eigenvalue weighted by atomic mass is 9.98. The van der Waals surface area contributed by atoms with Gasteiger partial charge in [-0.1, -0.05) is 135 Å². The summed E-state index contributed by atoms with van der Waals surface area (Å²) in [6.07, 6.45) is 27.9. The summed E-state index contributed by atoms with van der Waals surface area (Å²) in [7, 11) is 0. The third-order valence-electron chi connectivity index (χ3n) is 7.69. The van der Waals surface area contributed by atoms with Crippen LogP contribution in [0, 0.1) is 0 Å². The number of nitrogens with zero attached hydrogens (tertiary/aromatic N) is 1. The number of aliphatic carboxylic acids is 2. The number of rotatable bonds is 27. The SMILES string of the molecule is CCCCCCCCCCCCc1cc(CCCCCCCCCCCC)cc(N(CC(=O)O)CC(=O)O)c1. The molecule has 0 fully saturated rings. The van der Waals surface area contributed by atoms with Crippen LogP contribution < -0.4 is 4.90 Å². The zero-order valence-electron chi connectivity index (χ0n) is 25.4. The monoisotopic (exact) mass is 545 g/mol. The topological polar surface area (TPSA) is 77.8 Å². The van der Waals surface area contributed by atoms with Gasteiger partial charge in [-0.25, -0.2) is 0 Å². The van der Waals surface area contributed by atoms with Crippen LogP contribution in [0.1, 0.15) is 153 Å². The summed E-state index contributed by atoms with van der Waals surface area (Å²) < 4.78 is 0. The average molecular weight is 546 g/mol. The molecule has 1 aromatic rings. The summed E-state index contributed by atoms with van der Waals surface area (Å²) in [5.41, 5.74) is 3.14. The van der Waals surface area contributed by atoms with Gasteiger partial charge in [0, 0.05) is 5.69 Å². The minimum Gasteiger partial charge on any atom is -0.480 e. The van der Waals surface area contributed by atoms with E-state index >= 15 is 0 Å². The van der Waals surface area contributed by atoms with Gasteiger partial charge in [0.15, 0.2) is 0 Å². The zero-order chi connectivity index (χ0) is 28.6. The molecule has 2 N–H and O–H groups in total. The molecule has 224 valence electrons. The fourth-order valence-electron chi connectivity index (χ4n) is 5.41. The van der Waals surface area contributed by atoms with Gasteiger partial charge in [-0.2, -0.15) is 0 Å². The van der Waals surface area contributed by atoms with Crippen LogP contribution in [0.15, 0.2) is 18.2 Å². The van der Waals surface area contributed by atoms with E-state index in [1.54, 1.807) is 0 Å². The van der Waals surface area contributed by atoms with Crippen molar-refractivity contribution in [1.29, 1.82) is 0 Å². The van der Waals surface area contributed by atoms with Crippen LogP contribution in [0.25, 0.3) is 0 Å². The average Bonchev–Trinajstić information content (AvgIpc) is 2.90. The molecule has 0 aromatic heterocycles. The smallest absolute Gasteiger partial charge is 0.323 e. The molecule has 0 unspecified atom stereocenters. The van der Waals surface area contributed by atoms with Crippen LogP contribution in [0.3, 0.4) is 0 Å². The van der Waals surface area contributed by atoms with E-state index in [0.717, 1.165) is 31.4 Å². The second-order valence-corrected chi connectivity index (χ2v) is 11.5. The number of benzene rings is 1. The van der Waals surface area contributed by atoms with Crippen LogP contribution in [-0.2, 0) is 22.4 Å². The molecule has 0 spiro atoms. The fourth-order valence-corrected chi connectivity index (χ4v) is 5.41. The van der Waals surface area contributed by atoms with Crippen LogP contribution in [0.5, 0.6) is 0 Å². The number of hydrogen-bond donors (Lipinski definition) is 2. The molecule has 0 amide bonds. The Morgan fingerprint density at radius 1 is 0.513 bits per heavy atom. The van der Waals surface area contributed by atoms with Crippen molar-refractivity contribution in [2.24, 2.45) is 0 Å². The molecule has 5 nitrogen and oxygen atoms in total. The minimum atomic E-state index is -1.01. The number of hydrogen-bond acceptors (Lipinski definition) is 3. The largest absolute Gasteiger partial charge is 0.480 e. The summed E-state index contributed by atoms with van der Waals surface area (Å²) in [6, 6.07) is 6.30. The first-order chi connectivity index (χ1) is 19.0. The second kappa shape index (κ2) is 23.8. The van der Waals surface area contributed by atoms with Gasteiger partial charge in [0.25, 0.3) is 0 Å². The van der Waals surface area contributed by atoms with E-state index in [9.17, 15) is 19.8 Å². The normalized spacial score (nSPS) is 11.1. The lowest BCUT2D eigenvalue weighted by molar-refractivity contribution is -0.136. The van der Waals surface area contributed by atoms with Gasteiger partial charge in [-0.15, -0.1) is 0 Å². The van der Waals surface area contributed by atoms with E-state index in [4.69, 9.17) is 0 Å². The Bertz CT molecular complexity index is 705. The zero-order valence-corrected chi connectivity index (χ0v) is 25.4. The van der Waals surface area contributed by atoms with Gasteiger partial charge in [0.05, 0.1) is 0 Å². The Morgan fingerprint density at radius 3 is 1.13 bits per heavy atom. The van der Waals surface area contributed by atoms with Crippen LogP contribution in [0.4, 0.5) is 5.69 Å².